The summed E-state index contributed by atoms with van der Waals surface area (Å²) in [7, 11) is 0. The largest absolute Gasteiger partial charge is 0.316 e. The Morgan fingerprint density at radius 3 is 2.88 bits per heavy atom. The van der Waals surface area contributed by atoms with Crippen LogP contribution in [0.1, 0.15) is 38.3 Å². The zero-order valence-corrected chi connectivity index (χ0v) is 10.9. The Morgan fingerprint density at radius 1 is 1.38 bits per heavy atom. The molecule has 90 valence electrons. The summed E-state index contributed by atoms with van der Waals surface area (Å²) in [5, 5.41) is 5.72. The molecule has 0 aliphatic heterocycles. The van der Waals surface area contributed by atoms with Crippen molar-refractivity contribution in [2.24, 2.45) is 11.8 Å². The van der Waals surface area contributed by atoms with Gasteiger partial charge in [-0.05, 0) is 31.2 Å². The summed E-state index contributed by atoms with van der Waals surface area (Å²) >= 11 is 1.69. The summed E-state index contributed by atoms with van der Waals surface area (Å²) in [5.74, 6) is 1.89. The topological polar surface area (TPSA) is 24.9 Å². The molecule has 0 spiro atoms. The molecule has 1 aromatic rings. The number of rotatable bonds is 5. The van der Waals surface area contributed by atoms with Gasteiger partial charge in [-0.25, -0.2) is 4.98 Å². The van der Waals surface area contributed by atoms with E-state index >= 15 is 0 Å². The lowest BCUT2D eigenvalue weighted by Crippen LogP contribution is -2.27. The third-order valence-corrected chi connectivity index (χ3v) is 4.25. The van der Waals surface area contributed by atoms with Gasteiger partial charge in [0.05, 0.1) is 11.2 Å². The molecule has 1 N–H and O–H groups in total. The van der Waals surface area contributed by atoms with Gasteiger partial charge in [0.2, 0.25) is 0 Å². The van der Waals surface area contributed by atoms with Gasteiger partial charge in [0.25, 0.3) is 0 Å². The van der Waals surface area contributed by atoms with Gasteiger partial charge in [0.1, 0.15) is 0 Å². The van der Waals surface area contributed by atoms with Gasteiger partial charge in [-0.15, -0.1) is 11.3 Å². The summed E-state index contributed by atoms with van der Waals surface area (Å²) in [6.45, 7) is 4.67. The smallest absolute Gasteiger partial charge is 0.0794 e. The third kappa shape index (κ3) is 3.87. The van der Waals surface area contributed by atoms with Gasteiger partial charge in [-0.3, -0.25) is 0 Å². The maximum absolute atomic E-state index is 4.29. The maximum atomic E-state index is 4.29. The minimum atomic E-state index is 0.923. The average Bonchev–Trinajstić information content (AvgIpc) is 2.80. The number of hydrogen-bond donors (Lipinski definition) is 1. The average molecular weight is 238 g/mol. The van der Waals surface area contributed by atoms with E-state index in [-0.39, 0.29) is 0 Å². The Bertz CT molecular complexity index is 276. The lowest BCUT2D eigenvalue weighted by Gasteiger charge is -2.26. The molecule has 3 heteroatoms. The first-order valence-corrected chi connectivity index (χ1v) is 7.36. The first kappa shape index (κ1) is 12.1. The van der Waals surface area contributed by atoms with E-state index in [0.29, 0.717) is 0 Å². The fraction of sp³-hybridized carbons (Fsp3) is 0.769. The zero-order valence-electron chi connectivity index (χ0n) is 10.1. The Balaban J connectivity index is 1.55. The van der Waals surface area contributed by atoms with Crippen molar-refractivity contribution < 1.29 is 0 Å². The zero-order chi connectivity index (χ0) is 11.2. The number of nitrogens with zero attached hydrogens (tertiary/aromatic N) is 1. The van der Waals surface area contributed by atoms with E-state index < -0.39 is 0 Å². The second-order valence-electron chi connectivity index (χ2n) is 5.06. The van der Waals surface area contributed by atoms with E-state index in [2.05, 4.69) is 22.6 Å². The first-order valence-electron chi connectivity index (χ1n) is 6.42. The fourth-order valence-corrected chi connectivity index (χ4v) is 3.01. The van der Waals surface area contributed by atoms with E-state index in [0.717, 1.165) is 24.8 Å². The van der Waals surface area contributed by atoms with Crippen LogP contribution in [0.25, 0.3) is 0 Å². The molecule has 1 heterocycles. The van der Waals surface area contributed by atoms with Gasteiger partial charge in [0.15, 0.2) is 0 Å². The van der Waals surface area contributed by atoms with Crippen LogP contribution in [0.15, 0.2) is 10.9 Å². The van der Waals surface area contributed by atoms with Crippen molar-refractivity contribution in [2.75, 3.05) is 13.1 Å². The van der Waals surface area contributed by atoms with Crippen molar-refractivity contribution in [3.8, 4) is 0 Å². The van der Waals surface area contributed by atoms with E-state index in [1.54, 1.807) is 11.3 Å². The summed E-state index contributed by atoms with van der Waals surface area (Å²) < 4.78 is 0. The summed E-state index contributed by atoms with van der Waals surface area (Å²) in [4.78, 5) is 4.29. The minimum absolute atomic E-state index is 0.923. The highest BCUT2D eigenvalue weighted by molar-refractivity contribution is 7.07. The van der Waals surface area contributed by atoms with Crippen LogP contribution in [0.5, 0.6) is 0 Å². The van der Waals surface area contributed by atoms with Crippen molar-refractivity contribution in [3.05, 3.63) is 16.6 Å². The third-order valence-electron chi connectivity index (χ3n) is 3.61. The van der Waals surface area contributed by atoms with Gasteiger partial charge < -0.3 is 5.32 Å². The molecule has 1 aliphatic carbocycles. The second-order valence-corrected chi connectivity index (χ2v) is 5.78. The van der Waals surface area contributed by atoms with Crippen LogP contribution in [0.4, 0.5) is 0 Å². The Kier molecular flexibility index (Phi) is 4.79. The minimum Gasteiger partial charge on any atom is -0.316 e. The molecular weight excluding hydrogens is 216 g/mol. The predicted octanol–water partition coefficient (Wildman–Crippen LogP) is 3.10. The van der Waals surface area contributed by atoms with Crippen LogP contribution in [0.3, 0.4) is 0 Å². The molecule has 1 saturated carbocycles. The molecule has 0 bridgehead atoms. The van der Waals surface area contributed by atoms with Crippen LogP contribution < -0.4 is 5.32 Å². The van der Waals surface area contributed by atoms with Gasteiger partial charge in [-0.2, -0.15) is 0 Å². The second kappa shape index (κ2) is 6.36. The number of thiazole rings is 1. The molecule has 16 heavy (non-hydrogen) atoms. The van der Waals surface area contributed by atoms with Crippen LogP contribution in [0.2, 0.25) is 0 Å². The van der Waals surface area contributed by atoms with Gasteiger partial charge >= 0.3 is 0 Å². The van der Waals surface area contributed by atoms with Crippen LogP contribution in [-0.4, -0.2) is 18.1 Å². The Hall–Kier alpha value is -0.410. The lowest BCUT2D eigenvalue weighted by atomic mass is 9.83. The SMILES string of the molecule is CC1CCC(CNCCc2cscn2)CC1. The molecule has 2 rings (SSSR count). The lowest BCUT2D eigenvalue weighted by molar-refractivity contribution is 0.282. The highest BCUT2D eigenvalue weighted by Crippen LogP contribution is 2.27. The van der Waals surface area contributed by atoms with E-state index in [9.17, 15) is 0 Å². The maximum Gasteiger partial charge on any atom is 0.0794 e. The molecule has 0 saturated heterocycles. The Labute approximate surface area is 102 Å². The van der Waals surface area contributed by atoms with Crippen molar-refractivity contribution in [3.63, 3.8) is 0 Å². The molecule has 0 radical (unpaired) electrons. The van der Waals surface area contributed by atoms with Gasteiger partial charge in [0, 0.05) is 18.3 Å². The molecule has 1 aromatic heterocycles. The molecular formula is C13H22N2S. The quantitative estimate of drug-likeness (QED) is 0.797. The monoisotopic (exact) mass is 238 g/mol. The predicted molar refractivity (Wildman–Crippen MR) is 69.8 cm³/mol. The molecule has 0 amide bonds. The Morgan fingerprint density at radius 2 is 2.19 bits per heavy atom. The van der Waals surface area contributed by atoms with Gasteiger partial charge in [-0.1, -0.05) is 19.8 Å². The van der Waals surface area contributed by atoms with Crippen LogP contribution in [-0.2, 0) is 6.42 Å². The number of nitrogens with one attached hydrogen (secondary N) is 1. The normalized spacial score (nSPS) is 25.8. The van der Waals surface area contributed by atoms with E-state index in [4.69, 9.17) is 0 Å². The molecule has 2 nitrogen and oxygen atoms in total. The first-order chi connectivity index (χ1) is 7.84. The summed E-state index contributed by atoms with van der Waals surface area (Å²) in [5.41, 5.74) is 3.15. The molecule has 0 unspecified atom stereocenters. The van der Waals surface area contributed by atoms with E-state index in [1.807, 2.05) is 5.51 Å². The number of hydrogen-bond acceptors (Lipinski definition) is 3. The highest BCUT2D eigenvalue weighted by Gasteiger charge is 2.17. The van der Waals surface area contributed by atoms with E-state index in [1.165, 1.54) is 37.9 Å². The number of aromatic nitrogens is 1. The fourth-order valence-electron chi connectivity index (χ4n) is 2.42. The van der Waals surface area contributed by atoms with Crippen molar-refractivity contribution in [1.29, 1.82) is 0 Å². The molecule has 1 aliphatic rings. The van der Waals surface area contributed by atoms with Crippen molar-refractivity contribution >= 4 is 11.3 Å². The molecule has 0 aromatic carbocycles. The molecule has 0 atom stereocenters. The highest BCUT2D eigenvalue weighted by atomic mass is 32.1. The summed E-state index contributed by atoms with van der Waals surface area (Å²) in [6.07, 6.45) is 6.78. The van der Waals surface area contributed by atoms with Crippen LogP contribution in [0, 0.1) is 11.8 Å². The standard InChI is InChI=1S/C13H22N2S/c1-11-2-4-12(5-3-11)8-14-7-6-13-9-16-10-15-13/h9-12,14H,2-8H2,1H3. The van der Waals surface area contributed by atoms with Crippen molar-refractivity contribution in [1.82, 2.24) is 10.3 Å². The molecule has 1 fully saturated rings. The summed E-state index contributed by atoms with van der Waals surface area (Å²) in [6, 6.07) is 0. The van der Waals surface area contributed by atoms with Crippen molar-refractivity contribution in [2.45, 2.75) is 39.0 Å². The van der Waals surface area contributed by atoms with Crippen LogP contribution >= 0.6 is 11.3 Å².